The van der Waals surface area contributed by atoms with Gasteiger partial charge in [0.15, 0.2) is 15.3 Å². The molecule has 2 aliphatic heterocycles. The molecular formula is C25H24ClNO6S. The summed E-state index contributed by atoms with van der Waals surface area (Å²) >= 11 is 6.13. The highest BCUT2D eigenvalue weighted by atomic mass is 35.5. The SMILES string of the molecule is CCCCOc1cccc(C2c3c(oc4ccc(Cl)cc4c3=O)C(=O)N2C2CCS(=O)(=O)C2)c1. The molecule has 9 heteroatoms. The van der Waals surface area contributed by atoms with Crippen molar-refractivity contribution >= 4 is 38.3 Å². The van der Waals surface area contributed by atoms with Crippen LogP contribution in [0.5, 0.6) is 5.75 Å². The van der Waals surface area contributed by atoms with Crippen LogP contribution in [0.2, 0.25) is 5.02 Å². The number of carbonyl (C=O) groups is 1. The van der Waals surface area contributed by atoms with Crippen molar-refractivity contribution in [1.82, 2.24) is 4.90 Å². The second kappa shape index (κ2) is 8.74. The standard InChI is InChI=1S/C25H24ClNO6S/c1-2-3-10-32-18-6-4-5-15(12-18)22-21-23(28)19-13-16(26)7-8-20(19)33-24(21)25(29)27(22)17-9-11-34(30,31)14-17/h4-8,12-13,17,22H,2-3,9-11,14H2,1H3. The van der Waals surface area contributed by atoms with Crippen LogP contribution in [-0.4, -0.2) is 43.4 Å². The highest BCUT2D eigenvalue weighted by Crippen LogP contribution is 2.42. The lowest BCUT2D eigenvalue weighted by molar-refractivity contribution is 0.0662. The van der Waals surface area contributed by atoms with E-state index in [0.717, 1.165) is 12.8 Å². The molecule has 178 valence electrons. The molecule has 3 heterocycles. The first kappa shape index (κ1) is 22.9. The minimum atomic E-state index is -3.27. The predicted molar refractivity (Wildman–Crippen MR) is 129 cm³/mol. The van der Waals surface area contributed by atoms with Crippen LogP contribution in [0.25, 0.3) is 11.0 Å². The largest absolute Gasteiger partial charge is 0.494 e. The van der Waals surface area contributed by atoms with Crippen LogP contribution in [0.15, 0.2) is 51.7 Å². The molecule has 0 bridgehead atoms. The van der Waals surface area contributed by atoms with E-state index in [4.69, 9.17) is 20.8 Å². The van der Waals surface area contributed by atoms with E-state index < -0.39 is 27.8 Å². The Kier molecular flexibility index (Phi) is 5.90. The van der Waals surface area contributed by atoms with Gasteiger partial charge in [0.05, 0.1) is 35.1 Å². The van der Waals surface area contributed by atoms with Crippen molar-refractivity contribution in [1.29, 1.82) is 0 Å². The van der Waals surface area contributed by atoms with Gasteiger partial charge in [-0.25, -0.2) is 8.42 Å². The molecule has 0 aliphatic carbocycles. The van der Waals surface area contributed by atoms with Crippen molar-refractivity contribution in [2.45, 2.75) is 38.3 Å². The monoisotopic (exact) mass is 501 g/mol. The molecule has 1 amide bonds. The number of unbranched alkanes of at least 4 members (excludes halogenated alkanes) is 1. The molecule has 0 radical (unpaired) electrons. The lowest BCUT2D eigenvalue weighted by atomic mass is 9.97. The molecular weight excluding hydrogens is 478 g/mol. The Balaban J connectivity index is 1.68. The molecule has 2 atom stereocenters. The van der Waals surface area contributed by atoms with Gasteiger partial charge in [-0.1, -0.05) is 37.1 Å². The summed E-state index contributed by atoms with van der Waals surface area (Å²) in [5.74, 6) is -0.0436. The fraction of sp³-hybridized carbons (Fsp3) is 0.360. The van der Waals surface area contributed by atoms with E-state index in [0.29, 0.717) is 29.4 Å². The number of benzene rings is 2. The molecule has 2 aromatic carbocycles. The zero-order valence-electron chi connectivity index (χ0n) is 18.6. The summed E-state index contributed by atoms with van der Waals surface area (Å²) in [6, 6.07) is 10.6. The fourth-order valence-corrected chi connectivity index (χ4v) is 6.65. The molecule has 1 fully saturated rings. The first-order valence-electron chi connectivity index (χ1n) is 11.3. The molecule has 1 saturated heterocycles. The summed E-state index contributed by atoms with van der Waals surface area (Å²) in [6.07, 6.45) is 2.20. The summed E-state index contributed by atoms with van der Waals surface area (Å²) in [7, 11) is -3.27. The zero-order valence-corrected chi connectivity index (χ0v) is 20.2. The minimum absolute atomic E-state index is 0.00361. The number of amides is 1. The van der Waals surface area contributed by atoms with Gasteiger partial charge in [0.25, 0.3) is 5.91 Å². The third-order valence-electron chi connectivity index (χ3n) is 6.41. The second-order valence-electron chi connectivity index (χ2n) is 8.76. The summed E-state index contributed by atoms with van der Waals surface area (Å²) in [5.41, 5.74) is 0.782. The maximum atomic E-state index is 13.6. The molecule has 3 aromatic rings. The Labute approximate surface area is 202 Å². The Bertz CT molecular complexity index is 1450. The molecule has 0 N–H and O–H groups in total. The highest BCUT2D eigenvalue weighted by Gasteiger charge is 2.48. The molecule has 0 saturated carbocycles. The topological polar surface area (TPSA) is 93.9 Å². The third kappa shape index (κ3) is 3.99. The van der Waals surface area contributed by atoms with Gasteiger partial charge < -0.3 is 14.1 Å². The van der Waals surface area contributed by atoms with Gasteiger partial charge in [-0.05, 0) is 48.7 Å². The minimum Gasteiger partial charge on any atom is -0.494 e. The first-order chi connectivity index (χ1) is 16.3. The lowest BCUT2D eigenvalue weighted by Gasteiger charge is -2.30. The van der Waals surface area contributed by atoms with Crippen LogP contribution in [-0.2, 0) is 9.84 Å². The van der Waals surface area contributed by atoms with Crippen molar-refractivity contribution in [2.24, 2.45) is 0 Å². The predicted octanol–water partition coefficient (Wildman–Crippen LogP) is 4.36. The van der Waals surface area contributed by atoms with Gasteiger partial charge in [0.1, 0.15) is 11.3 Å². The number of hydrogen-bond acceptors (Lipinski definition) is 6. The summed E-state index contributed by atoms with van der Waals surface area (Å²) < 4.78 is 36.3. The van der Waals surface area contributed by atoms with Crippen LogP contribution in [0, 0.1) is 0 Å². The van der Waals surface area contributed by atoms with Gasteiger partial charge in [-0.2, -0.15) is 0 Å². The van der Waals surface area contributed by atoms with Gasteiger partial charge >= 0.3 is 0 Å². The van der Waals surface area contributed by atoms with E-state index >= 15 is 0 Å². The number of hydrogen-bond donors (Lipinski definition) is 0. The van der Waals surface area contributed by atoms with Crippen molar-refractivity contribution in [3.8, 4) is 5.75 Å². The average molecular weight is 502 g/mol. The van der Waals surface area contributed by atoms with E-state index in [1.54, 1.807) is 18.2 Å². The Morgan fingerprint density at radius 3 is 2.74 bits per heavy atom. The van der Waals surface area contributed by atoms with Crippen molar-refractivity contribution in [3.05, 3.63) is 74.6 Å². The van der Waals surface area contributed by atoms with Crippen LogP contribution < -0.4 is 10.2 Å². The summed E-state index contributed by atoms with van der Waals surface area (Å²) in [5, 5.41) is 0.658. The lowest BCUT2D eigenvalue weighted by Crippen LogP contribution is -2.40. The van der Waals surface area contributed by atoms with Crippen LogP contribution >= 0.6 is 11.6 Å². The van der Waals surface area contributed by atoms with Crippen LogP contribution in [0.1, 0.15) is 53.9 Å². The number of fused-ring (bicyclic) bond motifs is 2. The normalized spacial score (nSPS) is 21.2. The summed E-state index contributed by atoms with van der Waals surface area (Å²) in [4.78, 5) is 28.7. The molecule has 0 spiro atoms. The van der Waals surface area contributed by atoms with E-state index in [1.807, 2.05) is 18.2 Å². The molecule has 7 nitrogen and oxygen atoms in total. The number of ether oxygens (including phenoxy) is 1. The molecule has 5 rings (SSSR count). The second-order valence-corrected chi connectivity index (χ2v) is 11.4. The number of rotatable bonds is 6. The fourth-order valence-electron chi connectivity index (χ4n) is 4.77. The van der Waals surface area contributed by atoms with E-state index in [2.05, 4.69) is 6.92 Å². The maximum absolute atomic E-state index is 13.6. The van der Waals surface area contributed by atoms with Gasteiger partial charge in [-0.3, -0.25) is 9.59 Å². The van der Waals surface area contributed by atoms with E-state index in [9.17, 15) is 18.0 Å². The Morgan fingerprint density at radius 2 is 2.00 bits per heavy atom. The first-order valence-corrected chi connectivity index (χ1v) is 13.5. The molecule has 2 aliphatic rings. The van der Waals surface area contributed by atoms with Gasteiger partial charge in [-0.15, -0.1) is 0 Å². The zero-order chi connectivity index (χ0) is 24.0. The molecule has 2 unspecified atom stereocenters. The Hall–Kier alpha value is -2.84. The van der Waals surface area contributed by atoms with Gasteiger partial charge in [0.2, 0.25) is 5.76 Å². The van der Waals surface area contributed by atoms with Crippen molar-refractivity contribution < 1.29 is 22.4 Å². The maximum Gasteiger partial charge on any atom is 0.291 e. The quantitative estimate of drug-likeness (QED) is 0.466. The Morgan fingerprint density at radius 1 is 1.18 bits per heavy atom. The highest BCUT2D eigenvalue weighted by molar-refractivity contribution is 7.91. The number of nitrogens with zero attached hydrogens (tertiary/aromatic N) is 1. The molecule has 34 heavy (non-hydrogen) atoms. The smallest absolute Gasteiger partial charge is 0.291 e. The number of sulfone groups is 1. The van der Waals surface area contributed by atoms with Gasteiger partial charge in [0, 0.05) is 11.1 Å². The van der Waals surface area contributed by atoms with Crippen LogP contribution in [0.4, 0.5) is 0 Å². The van der Waals surface area contributed by atoms with E-state index in [1.165, 1.54) is 11.0 Å². The van der Waals surface area contributed by atoms with E-state index in [-0.39, 0.29) is 39.2 Å². The number of halogens is 1. The average Bonchev–Trinajstić information content (AvgIpc) is 3.31. The van der Waals surface area contributed by atoms with Crippen molar-refractivity contribution in [3.63, 3.8) is 0 Å². The third-order valence-corrected chi connectivity index (χ3v) is 8.40. The van der Waals surface area contributed by atoms with Crippen LogP contribution in [0.3, 0.4) is 0 Å². The molecule has 1 aromatic heterocycles. The van der Waals surface area contributed by atoms with Crippen molar-refractivity contribution in [2.75, 3.05) is 18.1 Å². The summed E-state index contributed by atoms with van der Waals surface area (Å²) in [6.45, 7) is 2.63. The number of carbonyl (C=O) groups excluding carboxylic acids is 1.